The average Bonchev–Trinajstić information content (AvgIpc) is 3.86. The second-order valence-corrected chi connectivity index (χ2v) is 14.7. The largest absolute Gasteiger partial charge is 0.307 e. The minimum atomic E-state index is 1.16. The molecule has 0 N–H and O–H groups in total. The SMILES string of the molecule is c1ccc(-n2c3ccccc3c3c4c5ccccc5c5ccccc5c4c4c5ccccc5n(-c5ccc6c(c5)sc5ccccc56)c4c32)cc1. The van der Waals surface area contributed by atoms with Gasteiger partial charge in [0.2, 0.25) is 0 Å². The van der Waals surface area contributed by atoms with E-state index in [4.69, 9.17) is 0 Å². The third kappa shape index (κ3) is 3.56. The van der Waals surface area contributed by atoms with Gasteiger partial charge in [-0.1, -0.05) is 127 Å². The van der Waals surface area contributed by atoms with Gasteiger partial charge in [0.15, 0.2) is 0 Å². The molecule has 12 rings (SSSR count). The zero-order valence-corrected chi connectivity index (χ0v) is 28.3. The Morgan fingerprint density at radius 3 is 1.35 bits per heavy atom. The van der Waals surface area contributed by atoms with Gasteiger partial charge in [-0.2, -0.15) is 0 Å². The Bertz CT molecular complexity index is 3410. The molecule has 0 saturated carbocycles. The van der Waals surface area contributed by atoms with Crippen LogP contribution in [-0.4, -0.2) is 9.13 Å². The molecule has 0 fully saturated rings. The fourth-order valence-corrected chi connectivity index (χ4v) is 10.2. The quantitative estimate of drug-likeness (QED) is 0.163. The molecule has 0 spiro atoms. The molecule has 0 atom stereocenters. The van der Waals surface area contributed by atoms with Crippen LogP contribution in [0.1, 0.15) is 0 Å². The van der Waals surface area contributed by atoms with E-state index in [0.717, 1.165) is 5.69 Å². The summed E-state index contributed by atoms with van der Waals surface area (Å²) in [5.41, 5.74) is 7.23. The second kappa shape index (κ2) is 10.1. The van der Waals surface area contributed by atoms with Gasteiger partial charge in [0.05, 0.1) is 22.1 Å². The third-order valence-corrected chi connectivity index (χ3v) is 12.2. The maximum atomic E-state index is 2.55. The number of hydrogen-bond donors (Lipinski definition) is 0. The molecular weight excluding hydrogens is 637 g/mol. The van der Waals surface area contributed by atoms with Gasteiger partial charge in [-0.15, -0.1) is 11.3 Å². The molecule has 236 valence electrons. The van der Waals surface area contributed by atoms with Crippen LogP contribution in [0.2, 0.25) is 0 Å². The summed E-state index contributed by atoms with van der Waals surface area (Å²) in [5.74, 6) is 0. The summed E-state index contributed by atoms with van der Waals surface area (Å²) in [6.45, 7) is 0. The standard InChI is InChI=1S/C48H28N2S/c1-2-14-29(15-3-1)49-39-23-11-8-21-37(39)45-43-35-19-6-4-16-31(35)32-17-5-7-20-36(32)44(43)46-38-22-9-12-24-40(38)50(48(46)47(45)49)30-26-27-34-33-18-10-13-25-41(33)51-42(34)28-30/h1-28H. The molecule has 3 aromatic heterocycles. The van der Waals surface area contributed by atoms with Crippen LogP contribution in [0.5, 0.6) is 0 Å². The number of fused-ring (bicyclic) bond motifs is 18. The lowest BCUT2D eigenvalue weighted by atomic mass is 9.89. The van der Waals surface area contributed by atoms with Crippen molar-refractivity contribution in [2.24, 2.45) is 0 Å². The fourth-order valence-electron chi connectivity index (χ4n) is 9.06. The maximum Gasteiger partial charge on any atom is 0.0795 e. The highest BCUT2D eigenvalue weighted by atomic mass is 32.1. The molecular formula is C48H28N2S. The van der Waals surface area contributed by atoms with Crippen molar-refractivity contribution >= 4 is 107 Å². The predicted octanol–water partition coefficient (Wildman–Crippen LogP) is 13.7. The normalized spacial score (nSPS) is 12.3. The smallest absolute Gasteiger partial charge is 0.0795 e. The molecule has 0 saturated heterocycles. The topological polar surface area (TPSA) is 9.86 Å². The lowest BCUT2D eigenvalue weighted by Crippen LogP contribution is -1.99. The first kappa shape index (κ1) is 27.4. The van der Waals surface area contributed by atoms with E-state index in [1.165, 1.54) is 102 Å². The first-order valence-corrected chi connectivity index (χ1v) is 18.4. The number of para-hydroxylation sites is 3. The predicted molar refractivity (Wildman–Crippen MR) is 221 cm³/mol. The highest BCUT2D eigenvalue weighted by molar-refractivity contribution is 7.25. The van der Waals surface area contributed by atoms with Crippen LogP contribution in [0.25, 0.3) is 107 Å². The lowest BCUT2D eigenvalue weighted by Gasteiger charge is -2.16. The van der Waals surface area contributed by atoms with Crippen LogP contribution < -0.4 is 0 Å². The molecule has 0 bridgehead atoms. The molecule has 2 nitrogen and oxygen atoms in total. The van der Waals surface area contributed by atoms with E-state index < -0.39 is 0 Å². The highest BCUT2D eigenvalue weighted by Gasteiger charge is 2.27. The minimum absolute atomic E-state index is 1.16. The number of nitrogens with zero attached hydrogens (tertiary/aromatic N) is 2. The Hall–Kier alpha value is -6.42. The van der Waals surface area contributed by atoms with E-state index in [9.17, 15) is 0 Å². The fraction of sp³-hybridized carbons (Fsp3) is 0. The van der Waals surface area contributed by atoms with Gasteiger partial charge < -0.3 is 9.13 Å². The molecule has 0 aliphatic carbocycles. The molecule has 0 aliphatic heterocycles. The molecule has 0 radical (unpaired) electrons. The Morgan fingerprint density at radius 1 is 0.294 bits per heavy atom. The van der Waals surface area contributed by atoms with Crippen LogP contribution in [0.4, 0.5) is 0 Å². The van der Waals surface area contributed by atoms with Crippen molar-refractivity contribution in [1.82, 2.24) is 9.13 Å². The van der Waals surface area contributed by atoms with Crippen molar-refractivity contribution in [3.63, 3.8) is 0 Å². The summed E-state index contributed by atoms with van der Waals surface area (Å²) in [7, 11) is 0. The summed E-state index contributed by atoms with van der Waals surface area (Å²) in [6, 6.07) is 62.8. The first-order valence-electron chi connectivity index (χ1n) is 17.5. The van der Waals surface area contributed by atoms with Crippen molar-refractivity contribution in [2.45, 2.75) is 0 Å². The van der Waals surface area contributed by atoms with Gasteiger partial charge in [0.25, 0.3) is 0 Å². The third-order valence-electron chi connectivity index (χ3n) is 11.0. The van der Waals surface area contributed by atoms with Gasteiger partial charge in [-0.05, 0) is 64.0 Å². The van der Waals surface area contributed by atoms with E-state index in [-0.39, 0.29) is 0 Å². The van der Waals surface area contributed by atoms with Crippen molar-refractivity contribution in [1.29, 1.82) is 0 Å². The molecule has 0 amide bonds. The van der Waals surface area contributed by atoms with Crippen molar-refractivity contribution in [3.8, 4) is 11.4 Å². The van der Waals surface area contributed by atoms with Crippen molar-refractivity contribution in [2.75, 3.05) is 0 Å². The Balaban J connectivity index is 1.43. The maximum absolute atomic E-state index is 2.55. The molecule has 3 heterocycles. The second-order valence-electron chi connectivity index (χ2n) is 13.6. The number of rotatable bonds is 2. The summed E-state index contributed by atoms with van der Waals surface area (Å²) >= 11 is 1.88. The molecule has 0 unspecified atom stereocenters. The lowest BCUT2D eigenvalue weighted by molar-refractivity contribution is 1.15. The Morgan fingerprint density at radius 2 is 0.745 bits per heavy atom. The van der Waals surface area contributed by atoms with Crippen molar-refractivity contribution in [3.05, 3.63) is 170 Å². The molecule has 12 aromatic rings. The van der Waals surface area contributed by atoms with E-state index in [1.807, 2.05) is 11.3 Å². The van der Waals surface area contributed by atoms with Crippen LogP contribution in [0.15, 0.2) is 170 Å². The van der Waals surface area contributed by atoms with Crippen molar-refractivity contribution < 1.29 is 0 Å². The number of aromatic nitrogens is 2. The number of thiophene rings is 1. The Labute approximate surface area is 296 Å². The van der Waals surface area contributed by atoms with E-state index in [1.54, 1.807) is 0 Å². The molecule has 51 heavy (non-hydrogen) atoms. The van der Waals surface area contributed by atoms with Crippen LogP contribution in [0, 0.1) is 0 Å². The van der Waals surface area contributed by atoms with E-state index in [2.05, 4.69) is 179 Å². The number of hydrogen-bond acceptors (Lipinski definition) is 1. The van der Waals surface area contributed by atoms with Gasteiger partial charge in [0.1, 0.15) is 0 Å². The molecule has 0 aliphatic rings. The summed E-state index contributed by atoms with van der Waals surface area (Å²) < 4.78 is 7.70. The molecule has 3 heteroatoms. The first-order chi connectivity index (χ1) is 25.3. The van der Waals surface area contributed by atoms with Crippen LogP contribution in [-0.2, 0) is 0 Å². The zero-order chi connectivity index (χ0) is 33.2. The Kier molecular flexibility index (Phi) is 5.41. The number of benzene rings is 9. The minimum Gasteiger partial charge on any atom is -0.307 e. The summed E-state index contributed by atoms with van der Waals surface area (Å²) in [4.78, 5) is 0. The van der Waals surface area contributed by atoms with Gasteiger partial charge in [0, 0.05) is 63.9 Å². The average molecular weight is 665 g/mol. The summed E-state index contributed by atoms with van der Waals surface area (Å²) in [6.07, 6.45) is 0. The van der Waals surface area contributed by atoms with Gasteiger partial charge in [-0.25, -0.2) is 0 Å². The van der Waals surface area contributed by atoms with E-state index >= 15 is 0 Å². The zero-order valence-electron chi connectivity index (χ0n) is 27.5. The van der Waals surface area contributed by atoms with Crippen LogP contribution >= 0.6 is 11.3 Å². The van der Waals surface area contributed by atoms with Crippen LogP contribution in [0.3, 0.4) is 0 Å². The highest BCUT2D eigenvalue weighted by Crippen LogP contribution is 2.51. The van der Waals surface area contributed by atoms with Gasteiger partial charge >= 0.3 is 0 Å². The monoisotopic (exact) mass is 664 g/mol. The summed E-state index contributed by atoms with van der Waals surface area (Å²) in [5, 5.41) is 15.6. The van der Waals surface area contributed by atoms with E-state index in [0.29, 0.717) is 0 Å². The van der Waals surface area contributed by atoms with Gasteiger partial charge in [-0.3, -0.25) is 0 Å². The molecule has 9 aromatic carbocycles.